The van der Waals surface area contributed by atoms with E-state index in [0.717, 1.165) is 18.4 Å². The molecule has 0 radical (unpaired) electrons. The van der Waals surface area contributed by atoms with E-state index >= 15 is 0 Å². The molecular formula is C24H25F2N7O3. The van der Waals surface area contributed by atoms with Crippen LogP contribution in [-0.4, -0.2) is 61.0 Å². The Balaban J connectivity index is 1.56. The molecule has 1 aliphatic carbocycles. The molecule has 0 saturated heterocycles. The summed E-state index contributed by atoms with van der Waals surface area (Å²) >= 11 is 0. The number of rotatable bonds is 9. The lowest BCUT2D eigenvalue weighted by atomic mass is 10.0. The predicted molar refractivity (Wildman–Crippen MR) is 127 cm³/mol. The Bertz CT molecular complexity index is 1400. The molecule has 3 heterocycles. The first kappa shape index (κ1) is 23.7. The SMILES string of the molecule is CN(C)C(=O)Cn1cc(NC(O)c2cnn3cccnc23)c(-c2cc(C3CC3)ccc2OC(F)F)n1. The van der Waals surface area contributed by atoms with Crippen molar-refractivity contribution >= 4 is 17.2 Å². The van der Waals surface area contributed by atoms with E-state index in [1.807, 2.05) is 0 Å². The standard InChI is InChI=1S/C24H25F2N7O3/c1-31(2)20(34)13-32-12-18(29-23(35)17-11-28-33-9-3-8-27-22(17)33)21(30-32)16-10-15(14-4-5-14)6-7-19(16)36-24(25)26/h3,6-12,14,23-24,29,35H,4-5,13H2,1-2H3. The highest BCUT2D eigenvalue weighted by Gasteiger charge is 2.27. The zero-order valence-corrected chi connectivity index (χ0v) is 19.7. The number of ether oxygens (including phenoxy) is 1. The normalized spacial score (nSPS) is 14.3. The summed E-state index contributed by atoms with van der Waals surface area (Å²) in [5, 5.41) is 22.7. The monoisotopic (exact) mass is 497 g/mol. The van der Waals surface area contributed by atoms with Gasteiger partial charge in [0.25, 0.3) is 0 Å². The van der Waals surface area contributed by atoms with E-state index < -0.39 is 12.8 Å². The van der Waals surface area contributed by atoms with Crippen LogP contribution in [0.4, 0.5) is 14.5 Å². The van der Waals surface area contributed by atoms with Gasteiger partial charge >= 0.3 is 6.61 Å². The van der Waals surface area contributed by atoms with Gasteiger partial charge in [0.2, 0.25) is 5.91 Å². The van der Waals surface area contributed by atoms with Gasteiger partial charge in [-0.2, -0.15) is 19.0 Å². The van der Waals surface area contributed by atoms with Crippen LogP contribution in [0.25, 0.3) is 16.9 Å². The van der Waals surface area contributed by atoms with Crippen LogP contribution in [0.3, 0.4) is 0 Å². The van der Waals surface area contributed by atoms with Gasteiger partial charge in [-0.05, 0) is 42.5 Å². The number of alkyl halides is 2. The number of carbonyl (C=O) groups is 1. The largest absolute Gasteiger partial charge is 0.434 e. The number of nitrogens with zero attached hydrogens (tertiary/aromatic N) is 6. The van der Waals surface area contributed by atoms with Gasteiger partial charge in [-0.15, -0.1) is 0 Å². The Morgan fingerprint density at radius 2 is 2.14 bits per heavy atom. The molecule has 4 aromatic rings. The van der Waals surface area contributed by atoms with Gasteiger partial charge in [0, 0.05) is 38.2 Å². The summed E-state index contributed by atoms with van der Waals surface area (Å²) in [7, 11) is 3.25. The van der Waals surface area contributed by atoms with Gasteiger partial charge in [-0.25, -0.2) is 9.50 Å². The lowest BCUT2D eigenvalue weighted by Crippen LogP contribution is -2.26. The number of carbonyl (C=O) groups excluding carboxylic acids is 1. The summed E-state index contributed by atoms with van der Waals surface area (Å²) in [4.78, 5) is 18.0. The minimum atomic E-state index is -3.03. The Morgan fingerprint density at radius 3 is 2.86 bits per heavy atom. The molecule has 188 valence electrons. The number of nitrogens with one attached hydrogen (secondary N) is 1. The maximum absolute atomic E-state index is 13.2. The average molecular weight is 498 g/mol. The fourth-order valence-electron chi connectivity index (χ4n) is 3.95. The van der Waals surface area contributed by atoms with Crippen LogP contribution in [0.2, 0.25) is 0 Å². The molecule has 0 spiro atoms. The molecule has 5 rings (SSSR count). The fourth-order valence-corrected chi connectivity index (χ4v) is 3.95. The van der Waals surface area contributed by atoms with Crippen LogP contribution >= 0.6 is 0 Å². The molecule has 0 aliphatic heterocycles. The van der Waals surface area contributed by atoms with Crippen LogP contribution < -0.4 is 10.1 Å². The molecule has 2 N–H and O–H groups in total. The Morgan fingerprint density at radius 1 is 1.33 bits per heavy atom. The number of benzene rings is 1. The molecule has 36 heavy (non-hydrogen) atoms. The number of aliphatic hydroxyl groups excluding tert-OH is 1. The fraction of sp³-hybridized carbons (Fsp3) is 0.333. The minimum absolute atomic E-state index is 0.0474. The average Bonchev–Trinajstić information content (AvgIpc) is 3.48. The summed E-state index contributed by atoms with van der Waals surface area (Å²) in [5.41, 5.74) is 2.79. The van der Waals surface area contributed by atoms with Crippen LogP contribution in [0.15, 0.2) is 49.1 Å². The lowest BCUT2D eigenvalue weighted by Gasteiger charge is -2.15. The molecule has 3 aromatic heterocycles. The highest BCUT2D eigenvalue weighted by atomic mass is 19.3. The Labute approximate surface area is 205 Å². The van der Waals surface area contributed by atoms with Gasteiger partial charge < -0.3 is 20.1 Å². The van der Waals surface area contributed by atoms with Gasteiger partial charge in [-0.1, -0.05) is 6.07 Å². The molecule has 1 aliphatic rings. The van der Waals surface area contributed by atoms with E-state index in [-0.39, 0.29) is 23.9 Å². The first-order chi connectivity index (χ1) is 17.3. The van der Waals surface area contributed by atoms with E-state index in [9.17, 15) is 18.7 Å². The van der Waals surface area contributed by atoms with E-state index in [1.54, 1.807) is 50.9 Å². The van der Waals surface area contributed by atoms with Crippen molar-refractivity contribution in [2.24, 2.45) is 0 Å². The number of anilines is 1. The second-order valence-corrected chi connectivity index (χ2v) is 8.82. The summed E-state index contributed by atoms with van der Waals surface area (Å²) in [6.45, 7) is -3.11. The molecule has 10 nitrogen and oxygen atoms in total. The van der Waals surface area contributed by atoms with Crippen LogP contribution in [-0.2, 0) is 11.3 Å². The first-order valence-corrected chi connectivity index (χ1v) is 11.4. The molecule has 1 amide bonds. The number of hydrogen-bond acceptors (Lipinski definition) is 7. The number of amides is 1. The van der Waals surface area contributed by atoms with Crippen LogP contribution in [0.5, 0.6) is 5.75 Å². The maximum atomic E-state index is 13.2. The highest BCUT2D eigenvalue weighted by molar-refractivity contribution is 5.80. The first-order valence-electron chi connectivity index (χ1n) is 11.4. The summed E-state index contributed by atoms with van der Waals surface area (Å²) in [6.07, 6.45) is 7.11. The zero-order valence-electron chi connectivity index (χ0n) is 19.7. The topological polar surface area (TPSA) is 110 Å². The van der Waals surface area contributed by atoms with Gasteiger partial charge in [-0.3, -0.25) is 9.48 Å². The van der Waals surface area contributed by atoms with Crippen molar-refractivity contribution in [3.05, 3.63) is 60.2 Å². The Kier molecular flexibility index (Phi) is 6.27. The molecule has 1 saturated carbocycles. The number of fused-ring (bicyclic) bond motifs is 1. The zero-order chi connectivity index (χ0) is 25.4. The van der Waals surface area contributed by atoms with Crippen LogP contribution in [0, 0.1) is 0 Å². The Hall–Kier alpha value is -4.06. The van der Waals surface area contributed by atoms with Crippen molar-refractivity contribution in [2.45, 2.75) is 38.1 Å². The third kappa shape index (κ3) is 4.85. The van der Waals surface area contributed by atoms with Crippen molar-refractivity contribution in [3.63, 3.8) is 0 Å². The summed E-state index contributed by atoms with van der Waals surface area (Å²) in [5.74, 6) is 0.0983. The summed E-state index contributed by atoms with van der Waals surface area (Å²) < 4.78 is 34.2. The summed E-state index contributed by atoms with van der Waals surface area (Å²) in [6, 6.07) is 6.78. The van der Waals surface area contributed by atoms with E-state index in [0.29, 0.717) is 28.4 Å². The number of likely N-dealkylation sites (N-methyl/N-ethyl adjacent to an activating group) is 1. The molecule has 0 bridgehead atoms. The van der Waals surface area contributed by atoms with Gasteiger partial charge in [0.15, 0.2) is 11.9 Å². The quantitative estimate of drug-likeness (QED) is 0.342. The van der Waals surface area contributed by atoms with Crippen LogP contribution in [0.1, 0.15) is 36.1 Å². The predicted octanol–water partition coefficient (Wildman–Crippen LogP) is 3.26. The van der Waals surface area contributed by atoms with E-state index in [4.69, 9.17) is 4.74 Å². The van der Waals surface area contributed by atoms with Crippen molar-refractivity contribution in [3.8, 4) is 17.0 Å². The van der Waals surface area contributed by atoms with Crippen molar-refractivity contribution in [1.82, 2.24) is 29.3 Å². The van der Waals surface area contributed by atoms with Crippen molar-refractivity contribution < 1.29 is 23.4 Å². The lowest BCUT2D eigenvalue weighted by molar-refractivity contribution is -0.129. The number of aromatic nitrogens is 5. The second kappa shape index (κ2) is 9.53. The third-order valence-electron chi connectivity index (χ3n) is 5.97. The molecule has 1 aromatic carbocycles. The van der Waals surface area contributed by atoms with E-state index in [2.05, 4.69) is 20.5 Å². The minimum Gasteiger partial charge on any atom is -0.434 e. The highest BCUT2D eigenvalue weighted by Crippen LogP contribution is 2.44. The smallest absolute Gasteiger partial charge is 0.387 e. The van der Waals surface area contributed by atoms with Crippen molar-refractivity contribution in [2.75, 3.05) is 19.4 Å². The molecule has 12 heteroatoms. The second-order valence-electron chi connectivity index (χ2n) is 8.82. The molecule has 1 fully saturated rings. The van der Waals surface area contributed by atoms with Gasteiger partial charge in [0.1, 0.15) is 18.0 Å². The molecule has 1 atom stereocenters. The van der Waals surface area contributed by atoms with Gasteiger partial charge in [0.05, 0.1) is 17.4 Å². The molecule has 1 unspecified atom stereocenters. The van der Waals surface area contributed by atoms with E-state index in [1.165, 1.54) is 26.4 Å². The third-order valence-corrected chi connectivity index (χ3v) is 5.97. The number of aliphatic hydroxyl groups is 1. The number of halogens is 2. The maximum Gasteiger partial charge on any atom is 0.387 e. The molecular weight excluding hydrogens is 472 g/mol. The van der Waals surface area contributed by atoms with Crippen molar-refractivity contribution in [1.29, 1.82) is 0 Å². The number of hydrogen-bond donors (Lipinski definition) is 2.